The van der Waals surface area contributed by atoms with Gasteiger partial charge in [-0.15, -0.1) is 0 Å². The summed E-state index contributed by atoms with van der Waals surface area (Å²) in [5.74, 6) is -2.09. The third-order valence-electron chi connectivity index (χ3n) is 7.19. The molecule has 0 spiro atoms. The summed E-state index contributed by atoms with van der Waals surface area (Å²) in [6.07, 6.45) is 1.98. The molecule has 2 N–H and O–H groups in total. The van der Waals surface area contributed by atoms with Crippen molar-refractivity contribution in [1.82, 2.24) is 14.5 Å². The number of benzene rings is 2. The van der Waals surface area contributed by atoms with E-state index in [0.717, 1.165) is 46.3 Å². The Morgan fingerprint density at radius 2 is 1.87 bits per heavy atom. The lowest BCUT2D eigenvalue weighted by molar-refractivity contribution is 0.0904. The standard InChI is InChI=1S/C27H31F2N5O4S/c1-33(2)20-3-4-22(25(14-20)30-19-6-9-38-10-7-19)27(35)15-26-23-16-34(8-5-24(23)31-32-26)39(36,37)21-12-17(28)11-18(29)13-21/h3-4,11-14,19,30H,5-10,15-16H2,1-2H3,(H,31,32). The second kappa shape index (κ2) is 11.0. The van der Waals surface area contributed by atoms with E-state index in [1.54, 1.807) is 6.07 Å². The monoisotopic (exact) mass is 559 g/mol. The normalized spacial score (nSPS) is 16.6. The number of hydrogen-bond donors (Lipinski definition) is 2. The average Bonchev–Trinajstić information content (AvgIpc) is 3.30. The predicted octanol–water partition coefficient (Wildman–Crippen LogP) is 3.52. The summed E-state index contributed by atoms with van der Waals surface area (Å²) < 4.78 is 60.5. The zero-order valence-electron chi connectivity index (χ0n) is 21.8. The molecule has 3 heterocycles. The van der Waals surface area contributed by atoms with Crippen molar-refractivity contribution in [3.8, 4) is 0 Å². The number of halogens is 2. The van der Waals surface area contributed by atoms with Gasteiger partial charge >= 0.3 is 0 Å². The fourth-order valence-electron chi connectivity index (χ4n) is 4.99. The second-order valence-corrected chi connectivity index (χ2v) is 12.0. The first-order chi connectivity index (χ1) is 18.6. The van der Waals surface area contributed by atoms with Gasteiger partial charge in [-0.1, -0.05) is 0 Å². The van der Waals surface area contributed by atoms with Crippen LogP contribution in [0.5, 0.6) is 0 Å². The van der Waals surface area contributed by atoms with E-state index in [9.17, 15) is 22.0 Å². The van der Waals surface area contributed by atoms with Gasteiger partial charge in [0, 0.05) is 87.1 Å². The molecule has 2 aliphatic rings. The number of Topliss-reactive ketones (excluding diaryl/α,β-unsaturated/α-hetero) is 1. The second-order valence-electron chi connectivity index (χ2n) is 10.1. The highest BCUT2D eigenvalue weighted by Crippen LogP contribution is 2.30. The lowest BCUT2D eigenvalue weighted by Crippen LogP contribution is -2.36. The quantitative estimate of drug-likeness (QED) is 0.407. The van der Waals surface area contributed by atoms with E-state index < -0.39 is 26.6 Å². The van der Waals surface area contributed by atoms with E-state index in [4.69, 9.17) is 4.74 Å². The molecule has 1 fully saturated rings. The van der Waals surface area contributed by atoms with Crippen molar-refractivity contribution in [3.05, 3.63) is 70.5 Å². The van der Waals surface area contributed by atoms with Crippen LogP contribution in [-0.2, 0) is 34.1 Å². The Labute approximate surface area is 226 Å². The number of nitrogens with zero attached hydrogens (tertiary/aromatic N) is 3. The van der Waals surface area contributed by atoms with Crippen molar-refractivity contribution in [2.75, 3.05) is 44.1 Å². The van der Waals surface area contributed by atoms with Crippen LogP contribution in [0, 0.1) is 11.6 Å². The van der Waals surface area contributed by atoms with Gasteiger partial charge in [0.2, 0.25) is 10.0 Å². The Morgan fingerprint density at radius 3 is 2.56 bits per heavy atom. The fourth-order valence-corrected chi connectivity index (χ4v) is 6.44. The zero-order chi connectivity index (χ0) is 27.7. The lowest BCUT2D eigenvalue weighted by atomic mass is 9.98. The summed E-state index contributed by atoms with van der Waals surface area (Å²) >= 11 is 0. The summed E-state index contributed by atoms with van der Waals surface area (Å²) in [4.78, 5) is 15.1. The highest BCUT2D eigenvalue weighted by atomic mass is 32.2. The SMILES string of the molecule is CN(C)c1ccc(C(=O)Cc2n[nH]c3c2CN(S(=O)(=O)c2cc(F)cc(F)c2)CC3)c(NC2CCOCC2)c1. The van der Waals surface area contributed by atoms with Gasteiger partial charge in [0.25, 0.3) is 0 Å². The van der Waals surface area contributed by atoms with Crippen LogP contribution < -0.4 is 10.2 Å². The van der Waals surface area contributed by atoms with Crippen molar-refractivity contribution >= 4 is 27.2 Å². The van der Waals surface area contributed by atoms with E-state index in [1.165, 1.54) is 0 Å². The molecule has 0 radical (unpaired) electrons. The van der Waals surface area contributed by atoms with Crippen LogP contribution in [0.4, 0.5) is 20.2 Å². The van der Waals surface area contributed by atoms with Crippen LogP contribution in [0.3, 0.4) is 0 Å². The van der Waals surface area contributed by atoms with Gasteiger partial charge in [0.1, 0.15) is 11.6 Å². The first-order valence-corrected chi connectivity index (χ1v) is 14.3. The number of ketones is 1. The molecule has 208 valence electrons. The van der Waals surface area contributed by atoms with E-state index in [-0.39, 0.29) is 31.3 Å². The number of ether oxygens (including phenoxy) is 1. The van der Waals surface area contributed by atoms with Crippen LogP contribution >= 0.6 is 0 Å². The maximum Gasteiger partial charge on any atom is 0.243 e. The number of H-pyrrole nitrogens is 1. The van der Waals surface area contributed by atoms with Crippen LogP contribution in [0.25, 0.3) is 0 Å². The minimum atomic E-state index is -4.16. The van der Waals surface area contributed by atoms with Gasteiger partial charge < -0.3 is 15.0 Å². The summed E-state index contributed by atoms with van der Waals surface area (Å²) in [6, 6.07) is 8.06. The first kappa shape index (κ1) is 27.2. The molecule has 2 aliphatic heterocycles. The van der Waals surface area contributed by atoms with Crippen molar-refractivity contribution in [2.24, 2.45) is 0 Å². The molecule has 2 aromatic carbocycles. The number of carbonyl (C=O) groups excluding carboxylic acids is 1. The fraction of sp³-hybridized carbons (Fsp3) is 0.407. The minimum Gasteiger partial charge on any atom is -0.381 e. The molecular weight excluding hydrogens is 528 g/mol. The first-order valence-electron chi connectivity index (χ1n) is 12.8. The summed E-state index contributed by atoms with van der Waals surface area (Å²) in [5, 5.41) is 10.8. The number of carbonyl (C=O) groups is 1. The Morgan fingerprint density at radius 1 is 1.15 bits per heavy atom. The Balaban J connectivity index is 1.38. The highest BCUT2D eigenvalue weighted by molar-refractivity contribution is 7.89. The molecule has 39 heavy (non-hydrogen) atoms. The number of aromatic amines is 1. The third kappa shape index (κ3) is 5.82. The van der Waals surface area contributed by atoms with Crippen LogP contribution in [0.15, 0.2) is 41.3 Å². The molecule has 5 rings (SSSR count). The average molecular weight is 560 g/mol. The number of nitrogens with one attached hydrogen (secondary N) is 2. The number of fused-ring (bicyclic) bond motifs is 1. The molecule has 0 atom stereocenters. The zero-order valence-corrected chi connectivity index (χ0v) is 22.7. The summed E-state index contributed by atoms with van der Waals surface area (Å²) in [7, 11) is -0.292. The van der Waals surface area contributed by atoms with Crippen molar-refractivity contribution < 1.29 is 26.7 Å². The van der Waals surface area contributed by atoms with Gasteiger partial charge in [-0.2, -0.15) is 9.40 Å². The number of anilines is 2. The van der Waals surface area contributed by atoms with Gasteiger partial charge in [-0.3, -0.25) is 9.89 Å². The van der Waals surface area contributed by atoms with E-state index in [1.807, 2.05) is 31.1 Å². The largest absolute Gasteiger partial charge is 0.381 e. The number of rotatable bonds is 8. The van der Waals surface area contributed by atoms with Crippen molar-refractivity contribution in [1.29, 1.82) is 0 Å². The van der Waals surface area contributed by atoms with Gasteiger partial charge in [0.15, 0.2) is 5.78 Å². The maximum absolute atomic E-state index is 13.7. The van der Waals surface area contributed by atoms with Crippen LogP contribution in [0.2, 0.25) is 0 Å². The van der Waals surface area contributed by atoms with Crippen LogP contribution in [0.1, 0.15) is 40.2 Å². The molecule has 3 aromatic rings. The molecular formula is C27H31F2N5O4S. The predicted molar refractivity (Wildman–Crippen MR) is 143 cm³/mol. The molecule has 0 unspecified atom stereocenters. The van der Waals surface area contributed by atoms with Gasteiger partial charge in [0.05, 0.1) is 17.0 Å². The van der Waals surface area contributed by atoms with E-state index >= 15 is 0 Å². The van der Waals surface area contributed by atoms with Crippen LogP contribution in [-0.4, -0.2) is 68.6 Å². The molecule has 1 saturated heterocycles. The van der Waals surface area contributed by atoms with Gasteiger partial charge in [-0.05, 0) is 43.2 Å². The van der Waals surface area contributed by atoms with E-state index in [0.29, 0.717) is 42.5 Å². The molecule has 0 amide bonds. The Hall–Kier alpha value is -3.35. The molecule has 0 aliphatic carbocycles. The van der Waals surface area contributed by atoms with E-state index in [2.05, 4.69) is 15.5 Å². The highest BCUT2D eigenvalue weighted by Gasteiger charge is 2.32. The lowest BCUT2D eigenvalue weighted by Gasteiger charge is -2.27. The molecule has 1 aromatic heterocycles. The third-order valence-corrected chi connectivity index (χ3v) is 9.01. The van der Waals surface area contributed by atoms with Crippen molar-refractivity contribution in [2.45, 2.75) is 43.2 Å². The summed E-state index contributed by atoms with van der Waals surface area (Å²) in [5.41, 5.74) is 4.03. The number of aromatic nitrogens is 2. The molecule has 0 saturated carbocycles. The maximum atomic E-state index is 13.7. The van der Waals surface area contributed by atoms with Crippen molar-refractivity contribution in [3.63, 3.8) is 0 Å². The molecule has 9 nitrogen and oxygen atoms in total. The van der Waals surface area contributed by atoms with Gasteiger partial charge in [-0.25, -0.2) is 17.2 Å². The topological polar surface area (TPSA) is 108 Å². The smallest absolute Gasteiger partial charge is 0.243 e. The number of sulfonamides is 1. The summed E-state index contributed by atoms with van der Waals surface area (Å²) in [6.45, 7) is 1.39. The molecule has 12 heteroatoms. The Kier molecular flexibility index (Phi) is 7.70. The minimum absolute atomic E-state index is 0.0297. The molecule has 0 bridgehead atoms. The Bertz CT molecular complexity index is 1470. The number of hydrogen-bond acceptors (Lipinski definition) is 7.